The van der Waals surface area contributed by atoms with Gasteiger partial charge in [-0.1, -0.05) is 19.0 Å². The molecular formula is C11H19N3O3S. The Labute approximate surface area is 110 Å². The summed E-state index contributed by atoms with van der Waals surface area (Å²) in [4.78, 5) is 14.8. The first-order valence-corrected chi connectivity index (χ1v) is 7.02. The van der Waals surface area contributed by atoms with Gasteiger partial charge >= 0.3 is 5.97 Å². The maximum Gasteiger partial charge on any atom is 0.320 e. The fraction of sp³-hybridized carbons (Fsp3) is 0.727. The highest BCUT2D eigenvalue weighted by Gasteiger charge is 2.12. The summed E-state index contributed by atoms with van der Waals surface area (Å²) >= 11 is 1.54. The highest BCUT2D eigenvalue weighted by atomic mass is 32.2. The van der Waals surface area contributed by atoms with Crippen LogP contribution in [0.5, 0.6) is 0 Å². The van der Waals surface area contributed by atoms with Gasteiger partial charge in [-0.2, -0.15) is 16.7 Å². The molecule has 1 heterocycles. The minimum atomic E-state index is -0.965. The van der Waals surface area contributed by atoms with Gasteiger partial charge in [-0.25, -0.2) is 0 Å². The number of aromatic nitrogens is 2. The van der Waals surface area contributed by atoms with E-state index in [0.29, 0.717) is 29.7 Å². The largest absolute Gasteiger partial charge is 0.480 e. The summed E-state index contributed by atoms with van der Waals surface area (Å²) in [6, 6.07) is -0.795. The number of carboxylic acids is 1. The highest BCUT2D eigenvalue weighted by molar-refractivity contribution is 7.98. The molecule has 0 radical (unpaired) electrons. The number of hydrogen-bond acceptors (Lipinski definition) is 6. The molecule has 0 saturated heterocycles. The fourth-order valence-corrected chi connectivity index (χ4v) is 2.15. The average Bonchev–Trinajstić information content (AvgIpc) is 2.70. The number of carboxylic acid groups (broad SMARTS) is 1. The van der Waals surface area contributed by atoms with Gasteiger partial charge in [-0.3, -0.25) is 4.79 Å². The lowest BCUT2D eigenvalue weighted by atomic mass is 10.1. The van der Waals surface area contributed by atoms with Crippen LogP contribution in [0.25, 0.3) is 0 Å². The summed E-state index contributed by atoms with van der Waals surface area (Å²) in [7, 11) is 0. The zero-order chi connectivity index (χ0) is 13.5. The third kappa shape index (κ3) is 5.50. The van der Waals surface area contributed by atoms with Gasteiger partial charge in [0.1, 0.15) is 6.04 Å². The molecule has 0 saturated carbocycles. The van der Waals surface area contributed by atoms with Crippen molar-refractivity contribution in [2.45, 2.75) is 38.5 Å². The lowest BCUT2D eigenvalue weighted by molar-refractivity contribution is -0.138. The van der Waals surface area contributed by atoms with Crippen molar-refractivity contribution >= 4 is 17.7 Å². The molecule has 1 rings (SSSR count). The monoisotopic (exact) mass is 273 g/mol. The predicted molar refractivity (Wildman–Crippen MR) is 69.2 cm³/mol. The van der Waals surface area contributed by atoms with Crippen LogP contribution in [-0.2, 0) is 17.0 Å². The summed E-state index contributed by atoms with van der Waals surface area (Å²) in [6.45, 7) is 4.19. The number of nitrogens with zero attached hydrogens (tertiary/aromatic N) is 2. The molecule has 102 valence electrons. The minimum Gasteiger partial charge on any atom is -0.480 e. The molecule has 1 unspecified atom stereocenters. The summed E-state index contributed by atoms with van der Waals surface area (Å²) in [6.07, 6.45) is 1.24. The Morgan fingerprint density at radius 3 is 2.89 bits per heavy atom. The maximum atomic E-state index is 10.5. The Bertz CT molecular complexity index is 381. The molecule has 1 atom stereocenters. The lowest BCUT2D eigenvalue weighted by Gasteiger charge is -2.04. The van der Waals surface area contributed by atoms with Gasteiger partial charge in [-0.05, 0) is 18.1 Å². The van der Waals surface area contributed by atoms with E-state index in [-0.39, 0.29) is 0 Å². The van der Waals surface area contributed by atoms with E-state index in [4.69, 9.17) is 15.4 Å². The molecule has 0 aromatic carbocycles. The predicted octanol–water partition coefficient (Wildman–Crippen LogP) is 1.30. The van der Waals surface area contributed by atoms with Gasteiger partial charge in [-0.15, -0.1) is 0 Å². The molecule has 1 aromatic rings. The van der Waals surface area contributed by atoms with E-state index in [1.807, 2.05) is 0 Å². The van der Waals surface area contributed by atoms with Gasteiger partial charge in [0.2, 0.25) is 5.89 Å². The van der Waals surface area contributed by atoms with E-state index in [1.54, 1.807) is 11.8 Å². The topological polar surface area (TPSA) is 102 Å². The molecule has 0 amide bonds. The van der Waals surface area contributed by atoms with Crippen molar-refractivity contribution in [2.24, 2.45) is 11.7 Å². The molecule has 0 fully saturated rings. The Morgan fingerprint density at radius 2 is 2.28 bits per heavy atom. The molecule has 7 heteroatoms. The molecule has 0 spiro atoms. The summed E-state index contributed by atoms with van der Waals surface area (Å²) in [5.41, 5.74) is 5.39. The summed E-state index contributed by atoms with van der Waals surface area (Å²) in [5, 5.41) is 12.5. The van der Waals surface area contributed by atoms with Crippen molar-refractivity contribution in [3.05, 3.63) is 11.7 Å². The quantitative estimate of drug-likeness (QED) is 0.688. The van der Waals surface area contributed by atoms with Crippen molar-refractivity contribution < 1.29 is 14.4 Å². The Hall–Kier alpha value is -1.08. The number of thioether (sulfide) groups is 1. The number of aliphatic carboxylic acids is 1. The zero-order valence-electron chi connectivity index (χ0n) is 10.6. The van der Waals surface area contributed by atoms with Crippen molar-refractivity contribution in [1.82, 2.24) is 10.1 Å². The third-order valence-corrected chi connectivity index (χ3v) is 3.19. The molecule has 0 aliphatic rings. The van der Waals surface area contributed by atoms with Crippen LogP contribution < -0.4 is 5.73 Å². The second-order valence-electron chi connectivity index (χ2n) is 4.49. The molecule has 0 aliphatic carbocycles. The standard InChI is InChI=1S/C11H19N3O3S/c1-7(2)5-9-13-10(17-14-9)6-18-4-3-8(12)11(15)16/h7-8H,3-6,12H2,1-2H3,(H,15,16). The molecule has 18 heavy (non-hydrogen) atoms. The van der Waals surface area contributed by atoms with Crippen molar-refractivity contribution in [2.75, 3.05) is 5.75 Å². The zero-order valence-corrected chi connectivity index (χ0v) is 11.4. The molecular weight excluding hydrogens is 254 g/mol. The van der Waals surface area contributed by atoms with E-state index >= 15 is 0 Å². The van der Waals surface area contributed by atoms with E-state index in [1.165, 1.54) is 0 Å². The first-order valence-electron chi connectivity index (χ1n) is 5.86. The van der Waals surface area contributed by atoms with Gasteiger partial charge in [0.15, 0.2) is 5.82 Å². The van der Waals surface area contributed by atoms with Crippen LogP contribution in [0.1, 0.15) is 32.0 Å². The minimum absolute atomic E-state index is 0.437. The van der Waals surface area contributed by atoms with Crippen LogP contribution in [0, 0.1) is 5.92 Å². The molecule has 0 aliphatic heterocycles. The second kappa shape index (κ2) is 7.38. The number of rotatable bonds is 8. The summed E-state index contributed by atoms with van der Waals surface area (Å²) in [5.74, 6) is 2.10. The van der Waals surface area contributed by atoms with Crippen LogP contribution in [0.4, 0.5) is 0 Å². The van der Waals surface area contributed by atoms with Gasteiger partial charge in [0, 0.05) is 6.42 Å². The van der Waals surface area contributed by atoms with Crippen LogP contribution in [0.15, 0.2) is 4.52 Å². The van der Waals surface area contributed by atoms with Gasteiger partial charge < -0.3 is 15.4 Å². The number of hydrogen-bond donors (Lipinski definition) is 2. The third-order valence-electron chi connectivity index (χ3n) is 2.22. The Balaban J connectivity index is 2.23. The maximum absolute atomic E-state index is 10.5. The van der Waals surface area contributed by atoms with E-state index in [9.17, 15) is 4.79 Å². The van der Waals surface area contributed by atoms with Crippen LogP contribution in [0.3, 0.4) is 0 Å². The number of carbonyl (C=O) groups is 1. The highest BCUT2D eigenvalue weighted by Crippen LogP contribution is 2.13. The average molecular weight is 273 g/mol. The second-order valence-corrected chi connectivity index (χ2v) is 5.59. The van der Waals surface area contributed by atoms with Gasteiger partial charge in [0.05, 0.1) is 5.75 Å². The molecule has 3 N–H and O–H groups in total. The Kier molecular flexibility index (Phi) is 6.14. The van der Waals surface area contributed by atoms with E-state index in [2.05, 4.69) is 24.0 Å². The van der Waals surface area contributed by atoms with E-state index in [0.717, 1.165) is 12.2 Å². The summed E-state index contributed by atoms with van der Waals surface area (Å²) < 4.78 is 5.09. The molecule has 6 nitrogen and oxygen atoms in total. The van der Waals surface area contributed by atoms with Crippen LogP contribution in [0.2, 0.25) is 0 Å². The van der Waals surface area contributed by atoms with Crippen molar-refractivity contribution in [1.29, 1.82) is 0 Å². The fourth-order valence-electron chi connectivity index (χ4n) is 1.29. The molecule has 1 aromatic heterocycles. The van der Waals surface area contributed by atoms with Crippen LogP contribution in [-0.4, -0.2) is 33.0 Å². The molecule has 0 bridgehead atoms. The van der Waals surface area contributed by atoms with Crippen LogP contribution >= 0.6 is 11.8 Å². The lowest BCUT2D eigenvalue weighted by Crippen LogP contribution is -2.30. The van der Waals surface area contributed by atoms with E-state index < -0.39 is 12.0 Å². The Morgan fingerprint density at radius 1 is 1.56 bits per heavy atom. The SMILES string of the molecule is CC(C)Cc1noc(CSCCC(N)C(=O)O)n1. The van der Waals surface area contributed by atoms with Crippen molar-refractivity contribution in [3.8, 4) is 0 Å². The first kappa shape index (κ1) is 15.0. The number of nitrogens with two attached hydrogens (primary N) is 1. The van der Waals surface area contributed by atoms with Crippen molar-refractivity contribution in [3.63, 3.8) is 0 Å². The smallest absolute Gasteiger partial charge is 0.320 e. The normalized spacial score (nSPS) is 12.9. The van der Waals surface area contributed by atoms with Gasteiger partial charge in [0.25, 0.3) is 0 Å². The first-order chi connectivity index (χ1) is 8.49.